The summed E-state index contributed by atoms with van der Waals surface area (Å²) in [6.07, 6.45) is 6.13. The highest BCUT2D eigenvalue weighted by Gasteiger charge is 2.37. The van der Waals surface area contributed by atoms with Crippen molar-refractivity contribution in [2.75, 3.05) is 32.6 Å². The van der Waals surface area contributed by atoms with Crippen LogP contribution in [0.4, 0.5) is 5.69 Å². The van der Waals surface area contributed by atoms with Crippen LogP contribution in [0.5, 0.6) is 0 Å². The predicted octanol–water partition coefficient (Wildman–Crippen LogP) is 4.37. The normalized spacial score (nSPS) is 21.1. The van der Waals surface area contributed by atoms with Gasteiger partial charge in [0.15, 0.2) is 5.69 Å². The van der Waals surface area contributed by atoms with Gasteiger partial charge in [-0.05, 0) is 57.4 Å². The smallest absolute Gasteiger partial charge is 0.272 e. The molecule has 10 heteroatoms. The Balaban J connectivity index is 1.13. The van der Waals surface area contributed by atoms with Crippen LogP contribution < -0.4 is 14.9 Å². The van der Waals surface area contributed by atoms with E-state index >= 15 is 0 Å². The quantitative estimate of drug-likeness (QED) is 0.282. The van der Waals surface area contributed by atoms with Crippen LogP contribution in [0.25, 0.3) is 21.7 Å². The van der Waals surface area contributed by atoms with Gasteiger partial charge in [0, 0.05) is 67.2 Å². The summed E-state index contributed by atoms with van der Waals surface area (Å²) >= 11 is 0. The van der Waals surface area contributed by atoms with Crippen molar-refractivity contribution in [3.8, 4) is 0 Å². The highest BCUT2D eigenvalue weighted by molar-refractivity contribution is 7.89. The van der Waals surface area contributed by atoms with Gasteiger partial charge in [0.2, 0.25) is 10.0 Å². The van der Waals surface area contributed by atoms with Gasteiger partial charge in [0.1, 0.15) is 0 Å². The van der Waals surface area contributed by atoms with E-state index in [1.54, 1.807) is 12.1 Å². The molecule has 2 saturated heterocycles. The summed E-state index contributed by atoms with van der Waals surface area (Å²) in [6.45, 7) is 0.731. The molecule has 3 heterocycles. The van der Waals surface area contributed by atoms with Gasteiger partial charge in [-0.1, -0.05) is 48.9 Å². The largest absolute Gasteiger partial charge is 0.377 e. The summed E-state index contributed by atoms with van der Waals surface area (Å²) in [4.78, 5) is 18.2. The minimum Gasteiger partial charge on any atom is -0.377 e. The number of nitrogens with zero attached hydrogens (tertiary/aromatic N) is 4. The number of fused-ring (bicyclic) bond motifs is 4. The fourth-order valence-electron chi connectivity index (χ4n) is 6.85. The zero-order valence-electron chi connectivity index (χ0n) is 24.6. The molecule has 1 unspecified atom stereocenters. The third-order valence-corrected chi connectivity index (χ3v) is 10.5. The first-order valence-corrected chi connectivity index (χ1v) is 16.4. The summed E-state index contributed by atoms with van der Waals surface area (Å²) in [5.41, 5.74) is 2.27. The minimum absolute atomic E-state index is 0.133. The summed E-state index contributed by atoms with van der Waals surface area (Å²) in [7, 11) is 2.38. The summed E-state index contributed by atoms with van der Waals surface area (Å²) in [5.74, 6) is -0.133. The molecule has 2 bridgehead atoms. The average molecular weight is 589 g/mol. The number of benzene rings is 3. The molecule has 4 aromatic rings. The molecule has 2 fully saturated rings. The van der Waals surface area contributed by atoms with Crippen molar-refractivity contribution in [1.29, 1.82) is 0 Å². The molecule has 3 aromatic carbocycles. The molecule has 9 nitrogen and oxygen atoms in total. The van der Waals surface area contributed by atoms with Crippen molar-refractivity contribution >= 4 is 43.3 Å². The minimum atomic E-state index is -3.73. The monoisotopic (exact) mass is 588 g/mol. The molecule has 0 spiro atoms. The Kier molecular flexibility index (Phi) is 7.95. The highest BCUT2D eigenvalue weighted by atomic mass is 32.2. The molecule has 1 aromatic heterocycles. The van der Waals surface area contributed by atoms with E-state index in [1.807, 2.05) is 72.2 Å². The molecule has 222 valence electrons. The molecule has 3 atom stereocenters. The van der Waals surface area contributed by atoms with Gasteiger partial charge in [-0.2, -0.15) is 5.10 Å². The van der Waals surface area contributed by atoms with Crippen LogP contribution in [-0.2, 0) is 16.6 Å². The maximum atomic E-state index is 13.4. The molecular formula is C32H40N6O3S. The molecule has 1 amide bonds. The van der Waals surface area contributed by atoms with Gasteiger partial charge in [0.05, 0.1) is 10.4 Å². The van der Waals surface area contributed by atoms with Gasteiger partial charge in [0.25, 0.3) is 5.91 Å². The first-order valence-electron chi connectivity index (χ1n) is 14.9. The number of nitrogens with one attached hydrogen (secondary N) is 2. The molecule has 0 saturated carbocycles. The van der Waals surface area contributed by atoms with E-state index in [9.17, 15) is 13.2 Å². The highest BCUT2D eigenvalue weighted by Crippen LogP contribution is 2.33. The van der Waals surface area contributed by atoms with Crippen molar-refractivity contribution in [2.24, 2.45) is 0 Å². The number of carbonyl (C=O) groups is 1. The molecule has 2 aliphatic rings. The summed E-state index contributed by atoms with van der Waals surface area (Å²) in [6, 6.07) is 20.0. The second kappa shape index (κ2) is 11.7. The number of aromatic nitrogens is 2. The number of aryl methyl sites for hydroxylation is 1. The molecule has 0 aliphatic carbocycles. The standard InChI is InChI=1S/C32H40N6O3S/c1-36(2)28-16-7-14-26-25(28)13-8-17-30(26)42(40,41)33-18-9-19-38-29-15-5-4-12-27(29)31(35-38)32(39)34-22-20-23-10-6-11-24(21-22)37(23)3/h4-5,7-8,12-17,22-24,33H,6,9-11,18-21H2,1-3H3,(H,34,39)/t22?,23-,24+. The van der Waals surface area contributed by atoms with E-state index in [0.717, 1.165) is 34.8 Å². The van der Waals surface area contributed by atoms with Crippen LogP contribution >= 0.6 is 0 Å². The van der Waals surface area contributed by atoms with Crippen molar-refractivity contribution in [1.82, 2.24) is 24.7 Å². The number of piperidine rings is 2. The lowest BCUT2D eigenvalue weighted by Gasteiger charge is -2.47. The van der Waals surface area contributed by atoms with Crippen molar-refractivity contribution in [2.45, 2.75) is 68.1 Å². The molecule has 2 N–H and O–H groups in total. The van der Waals surface area contributed by atoms with Gasteiger partial charge in [-0.3, -0.25) is 9.48 Å². The fraction of sp³-hybridized carbons (Fsp3) is 0.438. The van der Waals surface area contributed by atoms with Gasteiger partial charge >= 0.3 is 0 Å². The number of rotatable bonds is 9. The second-order valence-electron chi connectivity index (χ2n) is 11.9. The Morgan fingerprint density at radius 3 is 2.40 bits per heavy atom. The number of hydrogen-bond donors (Lipinski definition) is 2. The number of para-hydroxylation sites is 1. The Bertz CT molecular complexity index is 1700. The van der Waals surface area contributed by atoms with E-state index in [0.29, 0.717) is 36.1 Å². The Morgan fingerprint density at radius 1 is 0.952 bits per heavy atom. The molecule has 0 radical (unpaired) electrons. The number of amides is 1. The molecular weight excluding hydrogens is 548 g/mol. The van der Waals surface area contributed by atoms with Crippen LogP contribution in [0.15, 0.2) is 65.6 Å². The lowest BCUT2D eigenvalue weighted by atomic mass is 9.82. The summed E-state index contributed by atoms with van der Waals surface area (Å²) in [5, 5.41) is 10.4. The fourth-order valence-corrected chi connectivity index (χ4v) is 8.15. The average Bonchev–Trinajstić information content (AvgIpc) is 3.34. The van der Waals surface area contributed by atoms with Crippen LogP contribution in [-0.4, -0.2) is 74.8 Å². The van der Waals surface area contributed by atoms with Crippen LogP contribution in [0.1, 0.15) is 49.0 Å². The van der Waals surface area contributed by atoms with Crippen molar-refractivity contribution in [3.05, 3.63) is 66.4 Å². The van der Waals surface area contributed by atoms with E-state index in [2.05, 4.69) is 22.0 Å². The maximum Gasteiger partial charge on any atom is 0.272 e. The molecule has 42 heavy (non-hydrogen) atoms. The first-order chi connectivity index (χ1) is 20.2. The number of carbonyl (C=O) groups excluding carboxylic acids is 1. The van der Waals surface area contributed by atoms with Crippen LogP contribution in [0.2, 0.25) is 0 Å². The topological polar surface area (TPSA) is 99.6 Å². The third-order valence-electron chi connectivity index (χ3n) is 9.02. The van der Waals surface area contributed by atoms with Gasteiger partial charge < -0.3 is 15.1 Å². The Labute approximate surface area is 247 Å². The zero-order valence-corrected chi connectivity index (χ0v) is 25.4. The van der Waals surface area contributed by atoms with Gasteiger partial charge in [-0.15, -0.1) is 0 Å². The van der Waals surface area contributed by atoms with Crippen molar-refractivity contribution < 1.29 is 13.2 Å². The van der Waals surface area contributed by atoms with Crippen LogP contribution in [0, 0.1) is 0 Å². The predicted molar refractivity (Wildman–Crippen MR) is 167 cm³/mol. The molecule has 2 aliphatic heterocycles. The van der Waals surface area contributed by atoms with Crippen molar-refractivity contribution in [3.63, 3.8) is 0 Å². The number of sulfonamides is 1. The summed E-state index contributed by atoms with van der Waals surface area (Å²) < 4.78 is 31.2. The maximum absolute atomic E-state index is 13.4. The second-order valence-corrected chi connectivity index (χ2v) is 13.6. The molecule has 6 rings (SSSR count). The van der Waals surface area contributed by atoms with E-state index < -0.39 is 10.0 Å². The SMILES string of the molecule is CN(C)c1cccc2c(S(=O)(=O)NCCCn3nc(C(=O)NC4C[C@H]5CCC[C@@H](C4)N5C)c4ccccc43)cccc12. The van der Waals surface area contributed by atoms with E-state index in [1.165, 1.54) is 19.3 Å². The van der Waals surface area contributed by atoms with E-state index in [-0.39, 0.29) is 23.4 Å². The number of hydrogen-bond acceptors (Lipinski definition) is 6. The van der Waals surface area contributed by atoms with Crippen LogP contribution in [0.3, 0.4) is 0 Å². The Morgan fingerprint density at radius 2 is 1.64 bits per heavy atom. The van der Waals surface area contributed by atoms with E-state index in [4.69, 9.17) is 5.10 Å². The zero-order chi connectivity index (χ0) is 29.4. The lowest BCUT2D eigenvalue weighted by Crippen LogP contribution is -2.55. The lowest BCUT2D eigenvalue weighted by molar-refractivity contribution is 0.0462. The third kappa shape index (κ3) is 5.50. The number of anilines is 1. The first kappa shape index (κ1) is 28.6. The van der Waals surface area contributed by atoms with Gasteiger partial charge in [-0.25, -0.2) is 13.1 Å². The Hall–Kier alpha value is -3.47.